The second-order valence-corrected chi connectivity index (χ2v) is 5.17. The number of hydrogen-bond donors (Lipinski definition) is 2. The van der Waals surface area contributed by atoms with Crippen LogP contribution in [0, 0.1) is 5.82 Å². The van der Waals surface area contributed by atoms with Gasteiger partial charge in [0, 0.05) is 10.9 Å². The Morgan fingerprint density at radius 1 is 1.17 bits per heavy atom. The third-order valence-corrected chi connectivity index (χ3v) is 3.61. The molecule has 0 spiro atoms. The predicted molar refractivity (Wildman–Crippen MR) is 65.3 cm³/mol. The van der Waals surface area contributed by atoms with Crippen LogP contribution >= 0.6 is 15.9 Å². The molecule has 0 amide bonds. The van der Waals surface area contributed by atoms with Crippen molar-refractivity contribution in [3.8, 4) is 0 Å². The zero-order valence-electron chi connectivity index (χ0n) is 9.92. The van der Waals surface area contributed by atoms with E-state index >= 15 is 0 Å². The molecule has 0 radical (unpaired) electrons. The number of halogens is 4. The van der Waals surface area contributed by atoms with Crippen molar-refractivity contribution in [2.75, 3.05) is 5.33 Å². The van der Waals surface area contributed by atoms with Crippen molar-refractivity contribution < 1.29 is 23.4 Å². The number of aliphatic hydroxyl groups is 2. The molecule has 0 bridgehead atoms. The third kappa shape index (κ3) is 2.29. The van der Waals surface area contributed by atoms with Crippen LogP contribution in [-0.2, 0) is 5.60 Å². The minimum atomic E-state index is -3.94. The first kappa shape index (κ1) is 15.5. The first-order valence-corrected chi connectivity index (χ1v) is 6.33. The SMILES string of the molecule is CC(C)(O)C(F)(F)C(O)(CBr)c1ccccc1F. The number of benzene rings is 1. The fraction of sp³-hybridized carbons (Fsp3) is 0.500. The van der Waals surface area contributed by atoms with Crippen molar-refractivity contribution in [1.29, 1.82) is 0 Å². The zero-order chi connectivity index (χ0) is 14.2. The van der Waals surface area contributed by atoms with Crippen LogP contribution in [0.3, 0.4) is 0 Å². The summed E-state index contributed by atoms with van der Waals surface area (Å²) in [6.45, 7) is 1.73. The summed E-state index contributed by atoms with van der Waals surface area (Å²) >= 11 is 2.76. The summed E-state index contributed by atoms with van der Waals surface area (Å²) in [5.74, 6) is -4.89. The molecule has 1 aromatic carbocycles. The molecule has 1 rings (SSSR count). The van der Waals surface area contributed by atoms with Gasteiger partial charge in [-0.1, -0.05) is 34.1 Å². The largest absolute Gasteiger partial charge is 0.384 e. The van der Waals surface area contributed by atoms with Crippen LogP contribution < -0.4 is 0 Å². The quantitative estimate of drug-likeness (QED) is 0.835. The second kappa shape index (κ2) is 4.83. The molecule has 2 N–H and O–H groups in total. The van der Waals surface area contributed by atoms with E-state index in [4.69, 9.17) is 0 Å². The fourth-order valence-corrected chi connectivity index (χ4v) is 2.28. The smallest absolute Gasteiger partial charge is 0.308 e. The average Bonchev–Trinajstić information content (AvgIpc) is 2.27. The van der Waals surface area contributed by atoms with Gasteiger partial charge < -0.3 is 10.2 Å². The van der Waals surface area contributed by atoms with Crippen LogP contribution in [0.5, 0.6) is 0 Å². The highest BCUT2D eigenvalue weighted by Crippen LogP contribution is 2.46. The Hall–Kier alpha value is -0.590. The van der Waals surface area contributed by atoms with Gasteiger partial charge in [-0.25, -0.2) is 4.39 Å². The van der Waals surface area contributed by atoms with E-state index in [1.54, 1.807) is 0 Å². The van der Waals surface area contributed by atoms with E-state index < -0.39 is 33.8 Å². The molecule has 0 aromatic heterocycles. The van der Waals surface area contributed by atoms with Crippen LogP contribution in [-0.4, -0.2) is 27.1 Å². The zero-order valence-corrected chi connectivity index (χ0v) is 11.5. The van der Waals surface area contributed by atoms with Gasteiger partial charge in [0.05, 0.1) is 0 Å². The molecule has 102 valence electrons. The van der Waals surface area contributed by atoms with Gasteiger partial charge in [0.15, 0.2) is 5.60 Å². The van der Waals surface area contributed by atoms with Gasteiger partial charge in [0.2, 0.25) is 0 Å². The molecule has 0 aliphatic heterocycles. The molecule has 18 heavy (non-hydrogen) atoms. The first-order valence-electron chi connectivity index (χ1n) is 5.21. The van der Waals surface area contributed by atoms with Crippen molar-refractivity contribution in [2.24, 2.45) is 0 Å². The van der Waals surface area contributed by atoms with E-state index in [0.717, 1.165) is 26.0 Å². The maximum Gasteiger partial charge on any atom is 0.308 e. The molecule has 0 aliphatic rings. The summed E-state index contributed by atoms with van der Waals surface area (Å²) in [5.41, 5.74) is -5.90. The summed E-state index contributed by atoms with van der Waals surface area (Å²) < 4.78 is 41.9. The number of hydrogen-bond acceptors (Lipinski definition) is 2. The van der Waals surface area contributed by atoms with Crippen LogP contribution in [0.15, 0.2) is 24.3 Å². The van der Waals surface area contributed by atoms with E-state index in [2.05, 4.69) is 15.9 Å². The highest BCUT2D eigenvalue weighted by Gasteiger charge is 2.62. The summed E-state index contributed by atoms with van der Waals surface area (Å²) in [6, 6.07) is 4.71. The summed E-state index contributed by atoms with van der Waals surface area (Å²) in [7, 11) is 0. The number of rotatable bonds is 4. The van der Waals surface area contributed by atoms with Crippen LogP contribution in [0.2, 0.25) is 0 Å². The molecule has 2 nitrogen and oxygen atoms in total. The maximum atomic E-state index is 14.1. The third-order valence-electron chi connectivity index (χ3n) is 2.80. The lowest BCUT2D eigenvalue weighted by Crippen LogP contribution is -2.59. The molecule has 6 heteroatoms. The van der Waals surface area contributed by atoms with Gasteiger partial charge in [-0.05, 0) is 19.9 Å². The van der Waals surface area contributed by atoms with E-state index in [-0.39, 0.29) is 0 Å². The normalized spacial score (nSPS) is 16.4. The predicted octanol–water partition coefficient (Wildman–Crippen LogP) is 2.81. The van der Waals surface area contributed by atoms with Gasteiger partial charge in [-0.3, -0.25) is 0 Å². The molecule has 1 atom stereocenters. The first-order chi connectivity index (χ1) is 8.08. The molecule has 0 saturated heterocycles. The molecule has 0 heterocycles. The molecule has 0 fully saturated rings. The van der Waals surface area contributed by atoms with Gasteiger partial charge >= 0.3 is 5.92 Å². The molecule has 1 aromatic rings. The van der Waals surface area contributed by atoms with Crippen molar-refractivity contribution in [2.45, 2.75) is 31.0 Å². The van der Waals surface area contributed by atoms with Crippen molar-refractivity contribution >= 4 is 15.9 Å². The molecular formula is C12H14BrF3O2. The van der Waals surface area contributed by atoms with Crippen LogP contribution in [0.25, 0.3) is 0 Å². The Morgan fingerprint density at radius 2 is 1.67 bits per heavy atom. The standard InChI is InChI=1S/C12H14BrF3O2/c1-10(2,17)12(15,16)11(18,7-13)8-5-3-4-6-9(8)14/h3-6,17-18H,7H2,1-2H3. The van der Waals surface area contributed by atoms with Gasteiger partial charge in [0.25, 0.3) is 0 Å². The molecule has 0 saturated carbocycles. The van der Waals surface area contributed by atoms with E-state index in [0.29, 0.717) is 0 Å². The van der Waals surface area contributed by atoms with Gasteiger partial charge in [-0.2, -0.15) is 8.78 Å². The highest BCUT2D eigenvalue weighted by atomic mass is 79.9. The highest BCUT2D eigenvalue weighted by molar-refractivity contribution is 9.09. The lowest BCUT2D eigenvalue weighted by atomic mass is 9.80. The van der Waals surface area contributed by atoms with Crippen LogP contribution in [0.1, 0.15) is 19.4 Å². The maximum absolute atomic E-state index is 14.1. The van der Waals surface area contributed by atoms with Gasteiger partial charge in [-0.15, -0.1) is 0 Å². The monoisotopic (exact) mass is 326 g/mol. The summed E-state index contributed by atoms with van der Waals surface area (Å²) in [4.78, 5) is 0. The van der Waals surface area contributed by atoms with E-state index in [9.17, 15) is 23.4 Å². The summed E-state index contributed by atoms with van der Waals surface area (Å²) in [5, 5.41) is 19.0. The van der Waals surface area contributed by atoms with Crippen molar-refractivity contribution in [3.05, 3.63) is 35.6 Å². The Bertz CT molecular complexity index is 432. The topological polar surface area (TPSA) is 40.5 Å². The Balaban J connectivity index is 3.44. The van der Waals surface area contributed by atoms with E-state index in [1.165, 1.54) is 12.1 Å². The van der Waals surface area contributed by atoms with Crippen molar-refractivity contribution in [3.63, 3.8) is 0 Å². The Labute approximate surface area is 112 Å². The second-order valence-electron chi connectivity index (χ2n) is 4.61. The number of alkyl halides is 3. The van der Waals surface area contributed by atoms with Crippen molar-refractivity contribution in [1.82, 2.24) is 0 Å². The van der Waals surface area contributed by atoms with Crippen LogP contribution in [0.4, 0.5) is 13.2 Å². The lowest BCUT2D eigenvalue weighted by molar-refractivity contribution is -0.260. The fourth-order valence-electron chi connectivity index (χ4n) is 1.63. The minimum absolute atomic E-state index is 0.561. The molecule has 1 unspecified atom stereocenters. The molecular weight excluding hydrogens is 313 g/mol. The van der Waals surface area contributed by atoms with E-state index in [1.807, 2.05) is 0 Å². The molecule has 0 aliphatic carbocycles. The Kier molecular flexibility index (Phi) is 4.15. The minimum Gasteiger partial charge on any atom is -0.384 e. The Morgan fingerprint density at radius 3 is 2.06 bits per heavy atom. The lowest BCUT2D eigenvalue weighted by Gasteiger charge is -2.41. The van der Waals surface area contributed by atoms with Gasteiger partial charge in [0.1, 0.15) is 11.4 Å². The summed E-state index contributed by atoms with van der Waals surface area (Å²) in [6.07, 6.45) is 0. The average molecular weight is 327 g/mol.